The van der Waals surface area contributed by atoms with Gasteiger partial charge in [-0.3, -0.25) is 0 Å². The van der Waals surface area contributed by atoms with Crippen molar-refractivity contribution in [2.45, 2.75) is 105 Å². The van der Waals surface area contributed by atoms with E-state index in [1.54, 1.807) is 5.57 Å². The van der Waals surface area contributed by atoms with Crippen molar-refractivity contribution in [2.24, 2.45) is 46.3 Å². The van der Waals surface area contributed by atoms with Crippen LogP contribution in [0.4, 0.5) is 0 Å². The molecule has 0 saturated heterocycles. The van der Waals surface area contributed by atoms with E-state index in [1.165, 1.54) is 32.1 Å². The lowest BCUT2D eigenvalue weighted by Crippen LogP contribution is -2.51. The first kappa shape index (κ1) is 27.5. The van der Waals surface area contributed by atoms with Crippen molar-refractivity contribution in [2.75, 3.05) is 0 Å². The number of carbonyl (C=O) groups is 1. The van der Waals surface area contributed by atoms with Gasteiger partial charge in [-0.25, -0.2) is 9.78 Å². The first-order valence-electron chi connectivity index (χ1n) is 15.5. The van der Waals surface area contributed by atoms with Gasteiger partial charge in [0.15, 0.2) is 0 Å². The van der Waals surface area contributed by atoms with E-state index in [1.807, 2.05) is 18.3 Å². The van der Waals surface area contributed by atoms with E-state index in [4.69, 9.17) is 16.3 Å². The highest BCUT2D eigenvalue weighted by Crippen LogP contribution is 2.67. The molecule has 5 heteroatoms. The summed E-state index contributed by atoms with van der Waals surface area (Å²) in [5.74, 6) is 3.00. The van der Waals surface area contributed by atoms with E-state index in [9.17, 15) is 9.90 Å². The van der Waals surface area contributed by atoms with Crippen LogP contribution in [0.5, 0.6) is 0 Å². The van der Waals surface area contributed by atoms with Crippen LogP contribution in [-0.2, 0) is 9.53 Å². The number of allylic oxidation sites excluding steroid dienone is 1. The summed E-state index contributed by atoms with van der Waals surface area (Å²) in [5.41, 5.74) is 4.96. The molecule has 2 heterocycles. The summed E-state index contributed by atoms with van der Waals surface area (Å²) in [6.45, 7) is 11.6. The van der Waals surface area contributed by atoms with Crippen LogP contribution in [0.3, 0.4) is 0 Å². The molecule has 1 aromatic rings. The van der Waals surface area contributed by atoms with Crippen molar-refractivity contribution < 1.29 is 14.6 Å². The first-order valence-corrected chi connectivity index (χ1v) is 15.8. The summed E-state index contributed by atoms with van der Waals surface area (Å²) >= 11 is 6.09. The molecule has 5 aliphatic rings. The number of fused-ring (bicyclic) bond motifs is 5. The number of hydrogen-bond donors (Lipinski definition) is 1. The lowest BCUT2D eigenvalue weighted by atomic mass is 9.47. The number of pyridine rings is 1. The molecule has 3 saturated carbocycles. The molecule has 39 heavy (non-hydrogen) atoms. The quantitative estimate of drug-likeness (QED) is 0.234. The average Bonchev–Trinajstić information content (AvgIpc) is 3.25. The van der Waals surface area contributed by atoms with Gasteiger partial charge in [-0.2, -0.15) is 0 Å². The van der Waals surface area contributed by atoms with E-state index >= 15 is 0 Å². The van der Waals surface area contributed by atoms with E-state index in [0.29, 0.717) is 17.0 Å². The number of cyclic esters (lactones) is 1. The van der Waals surface area contributed by atoms with Crippen LogP contribution in [0.25, 0.3) is 5.57 Å². The van der Waals surface area contributed by atoms with Crippen molar-refractivity contribution in [1.29, 1.82) is 0 Å². The van der Waals surface area contributed by atoms with Crippen LogP contribution in [-0.4, -0.2) is 28.3 Å². The summed E-state index contributed by atoms with van der Waals surface area (Å²) in [6, 6.07) is 3.82. The molecule has 1 aliphatic heterocycles. The van der Waals surface area contributed by atoms with E-state index in [-0.39, 0.29) is 34.9 Å². The summed E-state index contributed by atoms with van der Waals surface area (Å²) in [4.78, 5) is 17.7. The van der Waals surface area contributed by atoms with Gasteiger partial charge in [0, 0.05) is 18.2 Å². The van der Waals surface area contributed by atoms with Gasteiger partial charge in [-0.1, -0.05) is 63.9 Å². The monoisotopic (exact) mass is 551 g/mol. The lowest BCUT2D eigenvalue weighted by molar-refractivity contribution is -0.151. The third kappa shape index (κ3) is 4.43. The highest BCUT2D eigenvalue weighted by molar-refractivity contribution is 6.29. The maximum absolute atomic E-state index is 13.4. The Hall–Kier alpha value is -1.65. The second-order valence-electron chi connectivity index (χ2n) is 14.3. The van der Waals surface area contributed by atoms with E-state index in [0.717, 1.165) is 60.1 Å². The van der Waals surface area contributed by atoms with Gasteiger partial charge in [0.25, 0.3) is 0 Å². The Morgan fingerprint density at radius 3 is 2.56 bits per heavy atom. The van der Waals surface area contributed by atoms with Gasteiger partial charge in [0.2, 0.25) is 0 Å². The third-order valence-electron chi connectivity index (χ3n) is 12.2. The maximum Gasteiger partial charge on any atom is 0.334 e. The Bertz CT molecular complexity index is 1190. The number of halogens is 1. The minimum Gasteiger partial charge on any atom is -0.458 e. The van der Waals surface area contributed by atoms with Crippen LogP contribution in [0.2, 0.25) is 5.15 Å². The number of carbonyl (C=O) groups excluding carboxylic acids is 1. The highest BCUT2D eigenvalue weighted by atomic mass is 35.5. The van der Waals surface area contributed by atoms with Gasteiger partial charge >= 0.3 is 5.97 Å². The van der Waals surface area contributed by atoms with Crippen LogP contribution < -0.4 is 0 Å². The van der Waals surface area contributed by atoms with Gasteiger partial charge in [0.1, 0.15) is 11.3 Å². The Morgan fingerprint density at radius 1 is 1.05 bits per heavy atom. The van der Waals surface area contributed by atoms with E-state index < -0.39 is 0 Å². The van der Waals surface area contributed by atoms with Crippen molar-refractivity contribution in [3.8, 4) is 0 Å². The van der Waals surface area contributed by atoms with Crippen molar-refractivity contribution in [3.05, 3.63) is 46.3 Å². The van der Waals surface area contributed by atoms with Crippen LogP contribution >= 0.6 is 11.6 Å². The van der Waals surface area contributed by atoms with Gasteiger partial charge < -0.3 is 9.84 Å². The van der Waals surface area contributed by atoms with Crippen molar-refractivity contribution >= 4 is 23.1 Å². The Kier molecular flexibility index (Phi) is 7.07. The Balaban J connectivity index is 1.25. The van der Waals surface area contributed by atoms with Gasteiger partial charge in [-0.05, 0) is 115 Å². The lowest BCUT2D eigenvalue weighted by Gasteiger charge is -2.58. The molecular weight excluding hydrogens is 506 g/mol. The fourth-order valence-electron chi connectivity index (χ4n) is 10.2. The van der Waals surface area contributed by atoms with Crippen molar-refractivity contribution in [3.63, 3.8) is 0 Å². The zero-order valence-corrected chi connectivity index (χ0v) is 25.1. The largest absolute Gasteiger partial charge is 0.458 e. The second-order valence-corrected chi connectivity index (χ2v) is 14.7. The summed E-state index contributed by atoms with van der Waals surface area (Å²) in [5, 5.41) is 10.8. The van der Waals surface area contributed by atoms with Crippen molar-refractivity contribution in [1.82, 2.24) is 4.98 Å². The number of aliphatic hydroxyl groups is 1. The number of aromatic nitrogens is 1. The summed E-state index contributed by atoms with van der Waals surface area (Å²) in [7, 11) is 0. The third-order valence-corrected chi connectivity index (χ3v) is 12.5. The summed E-state index contributed by atoms with van der Waals surface area (Å²) in [6.07, 6.45) is 14.0. The molecule has 9 atom stereocenters. The standard InChI is InChI=1S/C34H46ClNO3/c1-19(2)31-25(21-6-11-30(35)36-18-21)17-29(39-32(31)38)20(3)26-9-10-27-24-8-7-22-16-23(37)12-14-33(22,4)28(24)13-15-34(26,27)5/h6-7,11,18-20,23-24,26-29,37H,8-10,12-17H2,1-5H3/t20-,23-,24-,26+,27-,28-,29+,33-,34+/m0/s1. The molecule has 0 bridgehead atoms. The molecule has 0 amide bonds. The molecule has 0 unspecified atom stereocenters. The average molecular weight is 552 g/mol. The fourth-order valence-corrected chi connectivity index (χ4v) is 10.3. The molecule has 4 nitrogen and oxygen atoms in total. The molecule has 0 spiro atoms. The number of nitrogens with zero attached hydrogens (tertiary/aromatic N) is 1. The van der Waals surface area contributed by atoms with Gasteiger partial charge in [-0.15, -0.1) is 0 Å². The zero-order chi connectivity index (χ0) is 27.7. The number of esters is 1. The predicted molar refractivity (Wildman–Crippen MR) is 156 cm³/mol. The molecule has 4 aliphatic carbocycles. The number of aliphatic hydroxyl groups excluding tert-OH is 1. The molecule has 1 aromatic heterocycles. The number of rotatable bonds is 4. The Morgan fingerprint density at radius 2 is 1.85 bits per heavy atom. The topological polar surface area (TPSA) is 59.4 Å². The summed E-state index contributed by atoms with van der Waals surface area (Å²) < 4.78 is 6.26. The van der Waals surface area contributed by atoms with E-state index in [2.05, 4.69) is 45.7 Å². The highest BCUT2D eigenvalue weighted by Gasteiger charge is 2.60. The fraction of sp³-hybridized carbons (Fsp3) is 0.706. The smallest absolute Gasteiger partial charge is 0.334 e. The minimum absolute atomic E-state index is 0.0922. The normalized spacial score (nSPS) is 40.9. The van der Waals surface area contributed by atoms with Crippen LogP contribution in [0.1, 0.15) is 98.0 Å². The second kappa shape index (κ2) is 10.0. The van der Waals surface area contributed by atoms with Crippen LogP contribution in [0, 0.1) is 46.3 Å². The number of hydrogen-bond acceptors (Lipinski definition) is 4. The molecule has 6 rings (SSSR count). The number of ether oxygens (including phenoxy) is 1. The minimum atomic E-state index is -0.154. The predicted octanol–water partition coefficient (Wildman–Crippen LogP) is 8.04. The maximum atomic E-state index is 13.4. The molecule has 212 valence electrons. The first-order chi connectivity index (χ1) is 18.5. The zero-order valence-electron chi connectivity index (χ0n) is 24.4. The molecule has 3 fully saturated rings. The SMILES string of the molecule is CC(C)C1=C(c2ccc(Cl)nc2)C[C@H]([C@@H](C)[C@H]2CC[C@H]3[C@@H]4CC=C5C[C@@H](O)CC[C@]5(C)[C@H]4CC[C@]23C)OC1=O. The molecule has 0 aromatic carbocycles. The molecule has 1 N–H and O–H groups in total. The van der Waals surface area contributed by atoms with Crippen LogP contribution in [0.15, 0.2) is 35.6 Å². The van der Waals surface area contributed by atoms with Gasteiger partial charge in [0.05, 0.1) is 6.10 Å². The Labute approximate surface area is 239 Å². The molecule has 0 radical (unpaired) electrons. The molecular formula is C34H46ClNO3.